The summed E-state index contributed by atoms with van der Waals surface area (Å²) in [6.45, 7) is 0. The lowest BCUT2D eigenvalue weighted by Gasteiger charge is -2.10. The van der Waals surface area contributed by atoms with E-state index < -0.39 is 18.3 Å². The van der Waals surface area contributed by atoms with Gasteiger partial charge in [0.25, 0.3) is 0 Å². The van der Waals surface area contributed by atoms with Gasteiger partial charge in [-0.3, -0.25) is 0 Å². The van der Waals surface area contributed by atoms with Crippen LogP contribution in [0.3, 0.4) is 0 Å². The molecular formula is C9H9F2NO3. The van der Waals surface area contributed by atoms with Crippen LogP contribution in [0.1, 0.15) is 5.69 Å². The Hall–Kier alpha value is -1.72. The van der Waals surface area contributed by atoms with E-state index in [1.807, 2.05) is 0 Å². The minimum Gasteiger partial charge on any atom is -0.481 e. The molecule has 1 heterocycles. The number of hydrogen-bond donors (Lipinski definition) is 1. The number of carbonyl (C=O) groups is 1. The van der Waals surface area contributed by atoms with Gasteiger partial charge >= 0.3 is 11.9 Å². The largest absolute Gasteiger partial charge is 0.481 e. The number of aliphatic carboxylic acids is 1. The molecule has 82 valence electrons. The molecule has 0 bridgehead atoms. The van der Waals surface area contributed by atoms with Crippen molar-refractivity contribution in [1.29, 1.82) is 0 Å². The van der Waals surface area contributed by atoms with E-state index >= 15 is 0 Å². The quantitative estimate of drug-likeness (QED) is 0.827. The van der Waals surface area contributed by atoms with Crippen molar-refractivity contribution in [3.05, 3.63) is 23.9 Å². The zero-order valence-corrected chi connectivity index (χ0v) is 7.91. The van der Waals surface area contributed by atoms with Crippen LogP contribution in [-0.4, -0.2) is 29.1 Å². The van der Waals surface area contributed by atoms with Crippen LogP contribution in [0.5, 0.6) is 5.88 Å². The SMILES string of the molecule is COc1cccc(CC(F)(F)C(=O)O)n1. The van der Waals surface area contributed by atoms with Crippen LogP contribution in [0.15, 0.2) is 18.2 Å². The van der Waals surface area contributed by atoms with Gasteiger partial charge in [-0.15, -0.1) is 0 Å². The van der Waals surface area contributed by atoms with Crippen molar-refractivity contribution >= 4 is 5.97 Å². The highest BCUT2D eigenvalue weighted by atomic mass is 19.3. The number of carboxylic acids is 1. The first-order valence-electron chi connectivity index (χ1n) is 4.07. The van der Waals surface area contributed by atoms with Gasteiger partial charge in [-0.25, -0.2) is 9.78 Å². The van der Waals surface area contributed by atoms with Crippen LogP contribution in [0.2, 0.25) is 0 Å². The monoisotopic (exact) mass is 217 g/mol. The summed E-state index contributed by atoms with van der Waals surface area (Å²) in [7, 11) is 1.35. The number of methoxy groups -OCH3 is 1. The number of nitrogens with zero attached hydrogens (tertiary/aromatic N) is 1. The molecule has 1 aromatic rings. The Morgan fingerprint density at radius 2 is 2.27 bits per heavy atom. The summed E-state index contributed by atoms with van der Waals surface area (Å²) >= 11 is 0. The van der Waals surface area contributed by atoms with Crippen molar-refractivity contribution < 1.29 is 23.4 Å². The Labute approximate surface area is 84.5 Å². The second-order valence-electron chi connectivity index (χ2n) is 2.86. The molecular weight excluding hydrogens is 208 g/mol. The topological polar surface area (TPSA) is 59.4 Å². The number of aromatic nitrogens is 1. The summed E-state index contributed by atoms with van der Waals surface area (Å²) in [6.07, 6.45) is -0.945. The predicted molar refractivity (Wildman–Crippen MR) is 47.1 cm³/mol. The Bertz CT molecular complexity index is 368. The molecule has 0 unspecified atom stereocenters. The average Bonchev–Trinajstić information content (AvgIpc) is 2.17. The third-order valence-electron chi connectivity index (χ3n) is 1.71. The van der Waals surface area contributed by atoms with Crippen molar-refractivity contribution in [2.75, 3.05) is 7.11 Å². The highest BCUT2D eigenvalue weighted by molar-refractivity contribution is 5.75. The Kier molecular flexibility index (Phi) is 3.18. The third kappa shape index (κ3) is 2.87. The molecule has 0 aliphatic carbocycles. The van der Waals surface area contributed by atoms with E-state index in [-0.39, 0.29) is 11.6 Å². The molecule has 0 aliphatic rings. The van der Waals surface area contributed by atoms with Gasteiger partial charge in [-0.1, -0.05) is 6.07 Å². The number of rotatable bonds is 4. The molecule has 0 spiro atoms. The summed E-state index contributed by atoms with van der Waals surface area (Å²) in [6, 6.07) is 4.28. The summed E-state index contributed by atoms with van der Waals surface area (Å²) in [5.41, 5.74) is -0.0262. The van der Waals surface area contributed by atoms with Gasteiger partial charge in [0.05, 0.1) is 19.2 Å². The first-order chi connectivity index (χ1) is 6.95. The summed E-state index contributed by atoms with van der Waals surface area (Å²) in [5.74, 6) is -5.79. The summed E-state index contributed by atoms with van der Waals surface area (Å²) < 4.78 is 30.3. The van der Waals surface area contributed by atoms with Gasteiger partial charge in [0.2, 0.25) is 5.88 Å². The molecule has 1 N–H and O–H groups in total. The van der Waals surface area contributed by atoms with Crippen LogP contribution in [0.4, 0.5) is 8.78 Å². The van der Waals surface area contributed by atoms with Crippen LogP contribution < -0.4 is 4.74 Å². The molecule has 0 aromatic carbocycles. The number of carboxylic acid groups (broad SMARTS) is 1. The fourth-order valence-electron chi connectivity index (χ4n) is 0.973. The average molecular weight is 217 g/mol. The van der Waals surface area contributed by atoms with Crippen molar-refractivity contribution in [3.63, 3.8) is 0 Å². The van der Waals surface area contributed by atoms with Crippen molar-refractivity contribution in [2.24, 2.45) is 0 Å². The number of alkyl halides is 2. The van der Waals surface area contributed by atoms with Gasteiger partial charge in [-0.2, -0.15) is 8.78 Å². The Balaban J connectivity index is 2.85. The fraction of sp³-hybridized carbons (Fsp3) is 0.333. The lowest BCUT2D eigenvalue weighted by molar-refractivity contribution is -0.164. The van der Waals surface area contributed by atoms with Gasteiger partial charge in [0, 0.05) is 6.07 Å². The van der Waals surface area contributed by atoms with E-state index in [2.05, 4.69) is 4.98 Å². The molecule has 4 nitrogen and oxygen atoms in total. The second-order valence-corrected chi connectivity index (χ2v) is 2.86. The minimum atomic E-state index is -3.81. The van der Waals surface area contributed by atoms with Gasteiger partial charge in [0.1, 0.15) is 0 Å². The zero-order valence-electron chi connectivity index (χ0n) is 7.91. The third-order valence-corrected chi connectivity index (χ3v) is 1.71. The smallest absolute Gasteiger partial charge is 0.374 e. The standard InChI is InChI=1S/C9H9F2NO3/c1-15-7-4-2-3-6(12-7)5-9(10,11)8(13)14/h2-4H,5H2,1H3,(H,13,14). The molecule has 1 rings (SSSR count). The Morgan fingerprint density at radius 1 is 1.60 bits per heavy atom. The molecule has 15 heavy (non-hydrogen) atoms. The van der Waals surface area contributed by atoms with E-state index in [0.29, 0.717) is 0 Å². The van der Waals surface area contributed by atoms with E-state index in [4.69, 9.17) is 9.84 Å². The van der Waals surface area contributed by atoms with E-state index in [9.17, 15) is 13.6 Å². The van der Waals surface area contributed by atoms with E-state index in [1.54, 1.807) is 0 Å². The van der Waals surface area contributed by atoms with Crippen molar-refractivity contribution in [2.45, 2.75) is 12.3 Å². The molecule has 0 saturated heterocycles. The maximum absolute atomic E-state index is 12.8. The molecule has 0 aliphatic heterocycles. The van der Waals surface area contributed by atoms with Crippen molar-refractivity contribution in [3.8, 4) is 5.88 Å². The maximum atomic E-state index is 12.8. The highest BCUT2D eigenvalue weighted by Crippen LogP contribution is 2.20. The summed E-state index contributed by atoms with van der Waals surface area (Å²) in [4.78, 5) is 13.9. The van der Waals surface area contributed by atoms with Gasteiger partial charge in [0.15, 0.2) is 0 Å². The van der Waals surface area contributed by atoms with E-state index in [0.717, 1.165) is 0 Å². The Morgan fingerprint density at radius 3 is 2.80 bits per heavy atom. The fourth-order valence-corrected chi connectivity index (χ4v) is 0.973. The number of halogens is 2. The number of ether oxygens (including phenoxy) is 1. The number of hydrogen-bond acceptors (Lipinski definition) is 3. The summed E-state index contributed by atoms with van der Waals surface area (Å²) in [5, 5.41) is 8.22. The van der Waals surface area contributed by atoms with E-state index in [1.165, 1.54) is 25.3 Å². The first kappa shape index (κ1) is 11.4. The lowest BCUT2D eigenvalue weighted by atomic mass is 10.1. The molecule has 6 heteroatoms. The van der Waals surface area contributed by atoms with Gasteiger partial charge < -0.3 is 9.84 Å². The van der Waals surface area contributed by atoms with Crippen LogP contribution in [-0.2, 0) is 11.2 Å². The molecule has 1 aromatic heterocycles. The van der Waals surface area contributed by atoms with Crippen LogP contribution in [0.25, 0.3) is 0 Å². The van der Waals surface area contributed by atoms with Crippen LogP contribution >= 0.6 is 0 Å². The van der Waals surface area contributed by atoms with Crippen LogP contribution in [0, 0.1) is 0 Å². The predicted octanol–water partition coefficient (Wildman–Crippen LogP) is 1.35. The first-order valence-corrected chi connectivity index (χ1v) is 4.07. The molecule has 0 atom stereocenters. The normalized spacial score (nSPS) is 11.1. The molecule has 0 saturated carbocycles. The minimum absolute atomic E-state index is 0.0262. The molecule has 0 amide bonds. The maximum Gasteiger partial charge on any atom is 0.374 e. The van der Waals surface area contributed by atoms with Gasteiger partial charge in [-0.05, 0) is 6.07 Å². The zero-order chi connectivity index (χ0) is 11.5. The molecule has 0 fully saturated rings. The molecule has 0 radical (unpaired) electrons. The number of pyridine rings is 1. The highest BCUT2D eigenvalue weighted by Gasteiger charge is 2.39. The van der Waals surface area contributed by atoms with Crippen molar-refractivity contribution in [1.82, 2.24) is 4.98 Å². The lowest BCUT2D eigenvalue weighted by Crippen LogP contribution is -2.31. The second kappa shape index (κ2) is 4.20.